The van der Waals surface area contributed by atoms with Crippen molar-refractivity contribution in [1.82, 2.24) is 9.88 Å². The molecule has 1 fully saturated rings. The molecular weight excluding hydrogens is 400 g/mol. The Balaban J connectivity index is 1.42. The van der Waals surface area contributed by atoms with Gasteiger partial charge in [-0.2, -0.15) is 0 Å². The molecule has 0 aliphatic heterocycles. The number of rotatable bonds is 9. The van der Waals surface area contributed by atoms with Crippen LogP contribution >= 0.6 is 11.6 Å². The van der Waals surface area contributed by atoms with Crippen LogP contribution in [0.15, 0.2) is 48.5 Å². The van der Waals surface area contributed by atoms with E-state index in [1.807, 2.05) is 22.8 Å². The van der Waals surface area contributed by atoms with Gasteiger partial charge in [0.25, 0.3) is 0 Å². The van der Waals surface area contributed by atoms with Crippen molar-refractivity contribution in [2.45, 2.75) is 44.9 Å². The van der Waals surface area contributed by atoms with Crippen LogP contribution in [0, 0.1) is 5.92 Å². The fourth-order valence-electron chi connectivity index (χ4n) is 3.95. The van der Waals surface area contributed by atoms with Crippen LogP contribution in [0.4, 0.5) is 0 Å². The lowest BCUT2D eigenvalue weighted by Crippen LogP contribution is -2.32. The minimum absolute atomic E-state index is 0.156. The Bertz CT molecular complexity index is 1060. The molecule has 6 heteroatoms. The second kappa shape index (κ2) is 8.80. The number of nitrogens with one attached hydrogen (secondary N) is 1. The molecule has 0 saturated heterocycles. The average Bonchev–Trinajstić information content (AvgIpc) is 3.46. The number of nitrogens with zero attached hydrogens (tertiary/aromatic N) is 1. The highest BCUT2D eigenvalue weighted by Gasteiger charge is 2.25. The first-order valence-electron chi connectivity index (χ1n) is 10.4. The Hall–Kier alpha value is -2.34. The summed E-state index contributed by atoms with van der Waals surface area (Å²) in [6, 6.07) is 15.4. The lowest BCUT2D eigenvalue weighted by molar-refractivity contribution is 0.0685. The van der Waals surface area contributed by atoms with Crippen molar-refractivity contribution in [1.29, 1.82) is 0 Å². The molecule has 5 nitrogen and oxygen atoms in total. The number of halogens is 1. The van der Waals surface area contributed by atoms with Gasteiger partial charge in [0.05, 0.1) is 6.10 Å². The van der Waals surface area contributed by atoms with Gasteiger partial charge in [-0.15, -0.1) is 0 Å². The van der Waals surface area contributed by atoms with Crippen molar-refractivity contribution in [3.63, 3.8) is 0 Å². The quantitative estimate of drug-likeness (QED) is 0.465. The van der Waals surface area contributed by atoms with Crippen LogP contribution in [0.5, 0.6) is 0 Å². The van der Waals surface area contributed by atoms with Gasteiger partial charge in [0, 0.05) is 35.1 Å². The molecule has 1 aromatic heterocycles. The number of fused-ring (bicyclic) bond motifs is 1. The predicted octanol–water partition coefficient (Wildman–Crippen LogP) is 4.66. The molecule has 0 radical (unpaired) electrons. The number of aliphatic hydroxyl groups is 1. The summed E-state index contributed by atoms with van der Waals surface area (Å²) in [6.07, 6.45) is 2.53. The molecule has 1 saturated carbocycles. The van der Waals surface area contributed by atoms with E-state index in [4.69, 9.17) is 11.6 Å². The number of carboxylic acids is 1. The summed E-state index contributed by atoms with van der Waals surface area (Å²) in [5.41, 5.74) is 3.28. The van der Waals surface area contributed by atoms with Gasteiger partial charge in [0.15, 0.2) is 0 Å². The van der Waals surface area contributed by atoms with Crippen molar-refractivity contribution in [2.75, 3.05) is 6.54 Å². The van der Waals surface area contributed by atoms with Crippen molar-refractivity contribution in [3.05, 3.63) is 70.4 Å². The Morgan fingerprint density at radius 2 is 2.03 bits per heavy atom. The first-order valence-corrected chi connectivity index (χ1v) is 10.8. The largest absolute Gasteiger partial charge is 0.477 e. The number of aromatic carboxylic acids is 1. The third-order valence-electron chi connectivity index (χ3n) is 5.76. The number of carbonyl (C=O) groups is 1. The van der Waals surface area contributed by atoms with Gasteiger partial charge in [-0.3, -0.25) is 0 Å². The zero-order chi connectivity index (χ0) is 21.3. The SMILES string of the molecule is C[C@H](Cc1ccc2c(c1)cc(C(=O)O)n2CC1CC1)NC[C@H](O)c1cccc(Cl)c1. The number of hydrogen-bond donors (Lipinski definition) is 3. The summed E-state index contributed by atoms with van der Waals surface area (Å²) in [7, 11) is 0. The molecule has 2 atom stereocenters. The van der Waals surface area contributed by atoms with Crippen LogP contribution in [0.2, 0.25) is 5.02 Å². The van der Waals surface area contributed by atoms with Gasteiger partial charge < -0.3 is 20.1 Å². The molecule has 1 heterocycles. The molecule has 0 spiro atoms. The lowest BCUT2D eigenvalue weighted by Gasteiger charge is -2.18. The molecule has 0 bridgehead atoms. The Morgan fingerprint density at radius 3 is 2.73 bits per heavy atom. The topological polar surface area (TPSA) is 74.5 Å². The van der Waals surface area contributed by atoms with Crippen molar-refractivity contribution >= 4 is 28.5 Å². The maximum atomic E-state index is 11.7. The van der Waals surface area contributed by atoms with Crippen LogP contribution in [-0.4, -0.2) is 33.3 Å². The number of carboxylic acid groups (broad SMARTS) is 1. The van der Waals surface area contributed by atoms with E-state index in [1.165, 1.54) is 12.8 Å². The molecule has 30 heavy (non-hydrogen) atoms. The van der Waals surface area contributed by atoms with Gasteiger partial charge in [-0.25, -0.2) is 4.79 Å². The third kappa shape index (κ3) is 4.86. The molecule has 3 N–H and O–H groups in total. The summed E-state index contributed by atoms with van der Waals surface area (Å²) in [6.45, 7) is 3.30. The average molecular weight is 427 g/mol. The highest BCUT2D eigenvalue weighted by Crippen LogP contribution is 2.33. The summed E-state index contributed by atoms with van der Waals surface area (Å²) >= 11 is 6.00. The summed E-state index contributed by atoms with van der Waals surface area (Å²) in [5, 5.41) is 24.9. The number of benzene rings is 2. The number of hydrogen-bond acceptors (Lipinski definition) is 3. The van der Waals surface area contributed by atoms with Crippen LogP contribution < -0.4 is 5.32 Å². The summed E-state index contributed by atoms with van der Waals surface area (Å²) < 4.78 is 1.95. The number of aliphatic hydroxyl groups excluding tert-OH is 1. The van der Waals surface area contributed by atoms with Gasteiger partial charge in [-0.05, 0) is 73.6 Å². The van der Waals surface area contributed by atoms with E-state index >= 15 is 0 Å². The maximum Gasteiger partial charge on any atom is 0.352 e. The molecule has 0 amide bonds. The van der Waals surface area contributed by atoms with Gasteiger partial charge >= 0.3 is 5.97 Å². The molecule has 2 aromatic carbocycles. The van der Waals surface area contributed by atoms with E-state index in [0.717, 1.165) is 35.0 Å². The second-order valence-electron chi connectivity index (χ2n) is 8.37. The van der Waals surface area contributed by atoms with Crippen LogP contribution in [-0.2, 0) is 13.0 Å². The van der Waals surface area contributed by atoms with E-state index in [1.54, 1.807) is 18.2 Å². The molecule has 4 rings (SSSR count). The van der Waals surface area contributed by atoms with Crippen molar-refractivity contribution in [3.8, 4) is 0 Å². The van der Waals surface area contributed by atoms with E-state index in [-0.39, 0.29) is 6.04 Å². The highest BCUT2D eigenvalue weighted by atomic mass is 35.5. The van der Waals surface area contributed by atoms with E-state index in [9.17, 15) is 15.0 Å². The smallest absolute Gasteiger partial charge is 0.352 e. The van der Waals surface area contributed by atoms with Crippen molar-refractivity contribution in [2.24, 2.45) is 5.92 Å². The van der Waals surface area contributed by atoms with Gasteiger partial charge in [0.1, 0.15) is 5.69 Å². The molecule has 1 aliphatic rings. The van der Waals surface area contributed by atoms with E-state index in [0.29, 0.717) is 23.2 Å². The standard InChI is InChI=1S/C24H27ClN2O3/c1-15(26-13-23(28)18-3-2-4-20(25)11-18)9-17-7-8-21-19(10-17)12-22(24(29)30)27(21)14-16-5-6-16/h2-4,7-8,10-12,15-16,23,26,28H,5-6,9,13-14H2,1H3,(H,29,30)/t15-,23+/m1/s1. The third-order valence-corrected chi connectivity index (χ3v) is 5.99. The van der Waals surface area contributed by atoms with E-state index < -0.39 is 12.1 Å². The Morgan fingerprint density at radius 1 is 1.23 bits per heavy atom. The Labute approximate surface area is 181 Å². The minimum Gasteiger partial charge on any atom is -0.477 e. The van der Waals surface area contributed by atoms with Crippen LogP contribution in [0.25, 0.3) is 10.9 Å². The van der Waals surface area contributed by atoms with Crippen LogP contribution in [0.3, 0.4) is 0 Å². The first-order chi connectivity index (χ1) is 14.4. The Kier molecular flexibility index (Phi) is 6.14. The molecule has 158 valence electrons. The zero-order valence-electron chi connectivity index (χ0n) is 17.0. The first kappa shape index (κ1) is 20.9. The maximum absolute atomic E-state index is 11.7. The highest BCUT2D eigenvalue weighted by molar-refractivity contribution is 6.30. The molecule has 3 aromatic rings. The fourth-order valence-corrected chi connectivity index (χ4v) is 4.15. The molecule has 1 aliphatic carbocycles. The predicted molar refractivity (Wildman–Crippen MR) is 119 cm³/mol. The van der Waals surface area contributed by atoms with Crippen molar-refractivity contribution < 1.29 is 15.0 Å². The minimum atomic E-state index is -0.876. The van der Waals surface area contributed by atoms with Gasteiger partial charge in [0.2, 0.25) is 0 Å². The lowest BCUT2D eigenvalue weighted by atomic mass is 10.0. The van der Waals surface area contributed by atoms with E-state index in [2.05, 4.69) is 24.4 Å². The zero-order valence-corrected chi connectivity index (χ0v) is 17.8. The second-order valence-corrected chi connectivity index (χ2v) is 8.80. The monoisotopic (exact) mass is 426 g/mol. The molecule has 0 unspecified atom stereocenters. The molecular formula is C24H27ClN2O3. The summed E-state index contributed by atoms with van der Waals surface area (Å²) in [4.78, 5) is 11.7. The van der Waals surface area contributed by atoms with Crippen LogP contribution in [0.1, 0.15) is 47.5 Å². The fraction of sp³-hybridized carbons (Fsp3) is 0.375. The normalized spacial score (nSPS) is 16.0. The number of aromatic nitrogens is 1. The van der Waals surface area contributed by atoms with Gasteiger partial charge in [-0.1, -0.05) is 29.8 Å². The summed E-state index contributed by atoms with van der Waals surface area (Å²) in [5.74, 6) is -0.271.